The van der Waals surface area contributed by atoms with Crippen molar-refractivity contribution in [3.8, 4) is 11.5 Å². The van der Waals surface area contributed by atoms with Crippen molar-refractivity contribution in [2.75, 3.05) is 13.6 Å². The van der Waals surface area contributed by atoms with Crippen molar-refractivity contribution >= 4 is 5.96 Å². The number of nitrogens with one attached hydrogen (secondary N) is 2. The number of aliphatic imine (C=N–C) groups is 1. The van der Waals surface area contributed by atoms with Crippen LogP contribution >= 0.6 is 0 Å². The summed E-state index contributed by atoms with van der Waals surface area (Å²) >= 11 is 0. The summed E-state index contributed by atoms with van der Waals surface area (Å²) in [5.41, 5.74) is 0.813. The first-order valence-electron chi connectivity index (χ1n) is 8.53. The highest BCUT2D eigenvalue weighted by Crippen LogP contribution is 2.24. The van der Waals surface area contributed by atoms with Gasteiger partial charge in [-0.15, -0.1) is 0 Å². The van der Waals surface area contributed by atoms with Crippen LogP contribution < -0.4 is 15.4 Å². The summed E-state index contributed by atoms with van der Waals surface area (Å²) in [7, 11) is 1.72. The van der Waals surface area contributed by atoms with Crippen LogP contribution in [0.25, 0.3) is 0 Å². The third kappa shape index (κ3) is 6.41. The van der Waals surface area contributed by atoms with Crippen LogP contribution in [0.3, 0.4) is 0 Å². The van der Waals surface area contributed by atoms with E-state index < -0.39 is 5.82 Å². The molecule has 0 fully saturated rings. The van der Waals surface area contributed by atoms with Gasteiger partial charge in [-0.05, 0) is 36.2 Å². The van der Waals surface area contributed by atoms with Gasteiger partial charge in [0.05, 0.1) is 6.20 Å². The monoisotopic (exact) mass is 344 g/mol. The molecule has 1 aromatic heterocycles. The maximum atomic E-state index is 14.2. The molecule has 2 rings (SSSR count). The largest absolute Gasteiger partial charge is 0.453 e. The zero-order valence-electron chi connectivity index (χ0n) is 14.8. The highest BCUT2D eigenvalue weighted by atomic mass is 19.1. The van der Waals surface area contributed by atoms with E-state index in [1.165, 1.54) is 18.9 Å². The Morgan fingerprint density at radius 2 is 2.12 bits per heavy atom. The van der Waals surface area contributed by atoms with Gasteiger partial charge in [-0.3, -0.25) is 9.98 Å². The molecule has 0 radical (unpaired) electrons. The maximum Gasteiger partial charge on any atom is 0.191 e. The lowest BCUT2D eigenvalue weighted by Crippen LogP contribution is -2.37. The number of guanidine groups is 1. The quantitative estimate of drug-likeness (QED) is 0.434. The Hall–Kier alpha value is -2.63. The minimum atomic E-state index is -0.408. The Morgan fingerprint density at radius 3 is 2.80 bits per heavy atom. The fraction of sp³-hybridized carbons (Fsp3) is 0.368. The number of aromatic nitrogens is 1. The summed E-state index contributed by atoms with van der Waals surface area (Å²) in [4.78, 5) is 8.11. The molecule has 0 aliphatic heterocycles. The van der Waals surface area contributed by atoms with Gasteiger partial charge in [-0.25, -0.2) is 4.39 Å². The van der Waals surface area contributed by atoms with Crippen molar-refractivity contribution in [2.45, 2.75) is 32.7 Å². The van der Waals surface area contributed by atoms with Crippen molar-refractivity contribution in [3.63, 3.8) is 0 Å². The molecule has 6 heteroatoms. The number of ether oxygens (including phenoxy) is 1. The van der Waals surface area contributed by atoms with E-state index in [0.29, 0.717) is 18.3 Å². The van der Waals surface area contributed by atoms with Gasteiger partial charge in [0.25, 0.3) is 0 Å². The zero-order chi connectivity index (χ0) is 17.9. The second-order valence-corrected chi connectivity index (χ2v) is 5.62. The smallest absolute Gasteiger partial charge is 0.191 e. The summed E-state index contributed by atoms with van der Waals surface area (Å²) in [6.07, 6.45) is 6.66. The van der Waals surface area contributed by atoms with Crippen LogP contribution in [0.5, 0.6) is 11.5 Å². The normalized spacial score (nSPS) is 11.2. The predicted octanol–water partition coefficient (Wildman–Crippen LogP) is 3.87. The van der Waals surface area contributed by atoms with E-state index in [2.05, 4.69) is 27.5 Å². The van der Waals surface area contributed by atoms with Crippen LogP contribution in [0.15, 0.2) is 47.7 Å². The van der Waals surface area contributed by atoms with Crippen molar-refractivity contribution < 1.29 is 9.13 Å². The fourth-order valence-corrected chi connectivity index (χ4v) is 2.26. The molecule has 0 spiro atoms. The van der Waals surface area contributed by atoms with Crippen molar-refractivity contribution in [3.05, 3.63) is 54.1 Å². The fourth-order valence-electron chi connectivity index (χ4n) is 2.26. The number of hydrogen-bond donors (Lipinski definition) is 2. The van der Waals surface area contributed by atoms with Gasteiger partial charge in [-0.1, -0.05) is 25.8 Å². The van der Waals surface area contributed by atoms with Crippen LogP contribution in [-0.2, 0) is 6.54 Å². The molecule has 1 aromatic carbocycles. The van der Waals surface area contributed by atoms with E-state index in [1.807, 2.05) is 6.07 Å². The highest BCUT2D eigenvalue weighted by molar-refractivity contribution is 5.79. The molecule has 0 atom stereocenters. The average Bonchev–Trinajstić information content (AvgIpc) is 2.64. The van der Waals surface area contributed by atoms with Crippen LogP contribution in [0.4, 0.5) is 4.39 Å². The first-order valence-corrected chi connectivity index (χ1v) is 8.53. The molecule has 0 bridgehead atoms. The molecular weight excluding hydrogens is 319 g/mol. The number of benzene rings is 1. The summed E-state index contributed by atoms with van der Waals surface area (Å²) in [6, 6.07) is 8.38. The second kappa shape index (κ2) is 10.3. The molecular formula is C19H25FN4O. The number of hydrogen-bond acceptors (Lipinski definition) is 3. The van der Waals surface area contributed by atoms with Gasteiger partial charge in [-0.2, -0.15) is 0 Å². The number of rotatable bonds is 8. The molecule has 0 saturated heterocycles. The van der Waals surface area contributed by atoms with Gasteiger partial charge in [0.15, 0.2) is 17.5 Å². The molecule has 0 aliphatic carbocycles. The molecule has 0 aliphatic rings. The van der Waals surface area contributed by atoms with Gasteiger partial charge in [0.2, 0.25) is 0 Å². The SMILES string of the molecule is CCCCCNC(=NC)NCc1ccc(Oc2cccnc2)c(F)c1. The first-order chi connectivity index (χ1) is 12.2. The first kappa shape index (κ1) is 18.7. The van der Waals surface area contributed by atoms with E-state index in [1.54, 1.807) is 37.6 Å². The van der Waals surface area contributed by atoms with E-state index in [9.17, 15) is 4.39 Å². The molecule has 2 aromatic rings. The van der Waals surface area contributed by atoms with Gasteiger partial charge < -0.3 is 15.4 Å². The molecule has 5 nitrogen and oxygen atoms in total. The number of halogens is 1. The van der Waals surface area contributed by atoms with Crippen molar-refractivity contribution in [1.82, 2.24) is 15.6 Å². The van der Waals surface area contributed by atoms with Gasteiger partial charge in [0.1, 0.15) is 5.75 Å². The van der Waals surface area contributed by atoms with E-state index >= 15 is 0 Å². The minimum absolute atomic E-state index is 0.179. The lowest BCUT2D eigenvalue weighted by molar-refractivity contribution is 0.440. The summed E-state index contributed by atoms with van der Waals surface area (Å²) < 4.78 is 19.7. The Kier molecular flexibility index (Phi) is 7.69. The molecule has 1 heterocycles. The Labute approximate surface area is 148 Å². The Morgan fingerprint density at radius 1 is 1.24 bits per heavy atom. The molecule has 0 unspecified atom stereocenters. The number of pyridine rings is 1. The van der Waals surface area contributed by atoms with Gasteiger partial charge in [0, 0.05) is 26.3 Å². The third-order valence-corrected chi connectivity index (χ3v) is 3.61. The Balaban J connectivity index is 1.87. The maximum absolute atomic E-state index is 14.2. The van der Waals surface area contributed by atoms with Crippen LogP contribution in [0.2, 0.25) is 0 Å². The molecule has 134 valence electrons. The zero-order valence-corrected chi connectivity index (χ0v) is 14.8. The van der Waals surface area contributed by atoms with Crippen molar-refractivity contribution in [1.29, 1.82) is 0 Å². The molecule has 2 N–H and O–H groups in total. The molecule has 25 heavy (non-hydrogen) atoms. The topological polar surface area (TPSA) is 58.5 Å². The Bertz CT molecular complexity index is 676. The number of unbranched alkanes of at least 4 members (excludes halogenated alkanes) is 2. The van der Waals surface area contributed by atoms with E-state index in [-0.39, 0.29) is 5.75 Å². The summed E-state index contributed by atoms with van der Waals surface area (Å²) in [5, 5.41) is 6.43. The van der Waals surface area contributed by atoms with Crippen LogP contribution in [0.1, 0.15) is 31.7 Å². The lowest BCUT2D eigenvalue weighted by atomic mass is 10.2. The van der Waals surface area contributed by atoms with E-state index in [4.69, 9.17) is 4.74 Å². The second-order valence-electron chi connectivity index (χ2n) is 5.62. The van der Waals surface area contributed by atoms with E-state index in [0.717, 1.165) is 18.5 Å². The molecule has 0 saturated carbocycles. The predicted molar refractivity (Wildman–Crippen MR) is 98.4 cm³/mol. The van der Waals surface area contributed by atoms with Crippen LogP contribution in [0, 0.1) is 5.82 Å². The van der Waals surface area contributed by atoms with Crippen molar-refractivity contribution in [2.24, 2.45) is 4.99 Å². The number of nitrogens with zero attached hydrogens (tertiary/aromatic N) is 2. The summed E-state index contributed by atoms with van der Waals surface area (Å²) in [6.45, 7) is 3.53. The lowest BCUT2D eigenvalue weighted by Gasteiger charge is -2.12. The molecule has 0 amide bonds. The van der Waals surface area contributed by atoms with Gasteiger partial charge >= 0.3 is 0 Å². The minimum Gasteiger partial charge on any atom is -0.453 e. The standard InChI is InChI=1S/C19H25FN4O/c1-3-4-5-11-23-19(21-2)24-13-15-8-9-18(17(20)12-15)25-16-7-6-10-22-14-16/h6-10,12,14H,3-5,11,13H2,1-2H3,(H2,21,23,24). The average molecular weight is 344 g/mol. The highest BCUT2D eigenvalue weighted by Gasteiger charge is 2.07. The summed E-state index contributed by atoms with van der Waals surface area (Å²) in [5.74, 6) is 0.990. The van der Waals surface area contributed by atoms with Crippen LogP contribution in [-0.4, -0.2) is 24.5 Å². The third-order valence-electron chi connectivity index (χ3n) is 3.61.